The van der Waals surface area contributed by atoms with E-state index in [1.165, 1.54) is 12.1 Å². The molecule has 0 aliphatic heterocycles. The van der Waals surface area contributed by atoms with Gasteiger partial charge in [-0.05, 0) is 36.6 Å². The third-order valence-electron chi connectivity index (χ3n) is 3.09. The van der Waals surface area contributed by atoms with Gasteiger partial charge in [0, 0.05) is 18.1 Å². The number of benzene rings is 1. The van der Waals surface area contributed by atoms with Gasteiger partial charge in [-0.2, -0.15) is 0 Å². The molecule has 0 saturated heterocycles. The highest BCUT2D eigenvalue weighted by Crippen LogP contribution is 2.18. The van der Waals surface area contributed by atoms with E-state index in [1.807, 2.05) is 13.8 Å². The van der Waals surface area contributed by atoms with Crippen LogP contribution in [0, 0.1) is 5.82 Å². The Balaban J connectivity index is 2.53. The van der Waals surface area contributed by atoms with Gasteiger partial charge in [0.15, 0.2) is 0 Å². The van der Waals surface area contributed by atoms with Crippen LogP contribution in [0.2, 0.25) is 5.02 Å². The van der Waals surface area contributed by atoms with Crippen molar-refractivity contribution < 1.29 is 9.50 Å². The normalized spacial score (nSPS) is 11.8. The van der Waals surface area contributed by atoms with E-state index in [1.54, 1.807) is 6.07 Å². The Morgan fingerprint density at radius 1 is 1.35 bits per heavy atom. The number of aliphatic hydroxyl groups is 1. The van der Waals surface area contributed by atoms with Crippen LogP contribution in [0.5, 0.6) is 0 Å². The first kappa shape index (κ1) is 14.4. The monoisotopic (exact) mass is 259 g/mol. The maximum atomic E-state index is 13.0. The molecule has 0 bridgehead atoms. The van der Waals surface area contributed by atoms with E-state index in [4.69, 9.17) is 11.6 Å². The van der Waals surface area contributed by atoms with Gasteiger partial charge in [0.25, 0.3) is 0 Å². The molecule has 0 unspecified atom stereocenters. The zero-order valence-electron chi connectivity index (χ0n) is 10.3. The Kier molecular flexibility index (Phi) is 5.37. The maximum Gasteiger partial charge on any atom is 0.123 e. The first-order valence-electron chi connectivity index (χ1n) is 5.88. The summed E-state index contributed by atoms with van der Waals surface area (Å²) in [6, 6.07) is 4.28. The predicted molar refractivity (Wildman–Crippen MR) is 68.6 cm³/mol. The Hall–Kier alpha value is -0.640. The SMILES string of the molecule is CCC(O)(CC)CNCc1cc(F)ccc1Cl. The Morgan fingerprint density at radius 2 is 2.00 bits per heavy atom. The second-order valence-corrected chi connectivity index (χ2v) is 4.68. The van der Waals surface area contributed by atoms with Gasteiger partial charge >= 0.3 is 0 Å². The van der Waals surface area contributed by atoms with E-state index in [0.717, 1.165) is 0 Å². The smallest absolute Gasteiger partial charge is 0.123 e. The van der Waals surface area contributed by atoms with Crippen LogP contribution in [0.25, 0.3) is 0 Å². The summed E-state index contributed by atoms with van der Waals surface area (Å²) >= 11 is 5.94. The Labute approximate surface area is 107 Å². The lowest BCUT2D eigenvalue weighted by molar-refractivity contribution is 0.0323. The fourth-order valence-electron chi connectivity index (χ4n) is 1.61. The van der Waals surface area contributed by atoms with Gasteiger partial charge in [-0.25, -0.2) is 4.39 Å². The van der Waals surface area contributed by atoms with Crippen LogP contribution >= 0.6 is 11.6 Å². The van der Waals surface area contributed by atoms with Crippen LogP contribution in [0.3, 0.4) is 0 Å². The van der Waals surface area contributed by atoms with E-state index in [0.29, 0.717) is 36.5 Å². The van der Waals surface area contributed by atoms with Crippen molar-refractivity contribution in [3.8, 4) is 0 Å². The molecule has 2 N–H and O–H groups in total. The molecular formula is C13H19ClFNO. The van der Waals surface area contributed by atoms with Crippen LogP contribution in [0.15, 0.2) is 18.2 Å². The lowest BCUT2D eigenvalue weighted by Crippen LogP contribution is -2.39. The number of halogens is 2. The molecule has 96 valence electrons. The molecule has 17 heavy (non-hydrogen) atoms. The zero-order valence-corrected chi connectivity index (χ0v) is 11.0. The van der Waals surface area contributed by atoms with Crippen molar-refractivity contribution in [3.05, 3.63) is 34.6 Å². The molecule has 1 rings (SSSR count). The van der Waals surface area contributed by atoms with E-state index in [-0.39, 0.29) is 5.82 Å². The van der Waals surface area contributed by atoms with Crippen molar-refractivity contribution in [2.45, 2.75) is 38.8 Å². The summed E-state index contributed by atoms with van der Waals surface area (Å²) in [4.78, 5) is 0. The summed E-state index contributed by atoms with van der Waals surface area (Å²) < 4.78 is 13.0. The quantitative estimate of drug-likeness (QED) is 0.823. The molecule has 0 spiro atoms. The van der Waals surface area contributed by atoms with Gasteiger partial charge in [0.2, 0.25) is 0 Å². The van der Waals surface area contributed by atoms with Gasteiger partial charge < -0.3 is 10.4 Å². The van der Waals surface area contributed by atoms with E-state index in [9.17, 15) is 9.50 Å². The summed E-state index contributed by atoms with van der Waals surface area (Å²) in [5.41, 5.74) is 0.0148. The van der Waals surface area contributed by atoms with Crippen LogP contribution in [0.1, 0.15) is 32.3 Å². The molecule has 1 aromatic rings. The standard InChI is InChI=1S/C13H19ClFNO/c1-3-13(17,4-2)9-16-8-10-7-11(15)5-6-12(10)14/h5-7,16-17H,3-4,8-9H2,1-2H3. The lowest BCUT2D eigenvalue weighted by Gasteiger charge is -2.25. The van der Waals surface area contributed by atoms with Gasteiger partial charge in [-0.3, -0.25) is 0 Å². The number of hydrogen-bond donors (Lipinski definition) is 2. The molecular weight excluding hydrogens is 241 g/mol. The van der Waals surface area contributed by atoms with Crippen molar-refractivity contribution in [1.82, 2.24) is 5.32 Å². The largest absolute Gasteiger partial charge is 0.389 e. The molecule has 0 aliphatic rings. The average Bonchev–Trinajstić information content (AvgIpc) is 2.33. The van der Waals surface area contributed by atoms with Crippen LogP contribution in [0.4, 0.5) is 4.39 Å². The van der Waals surface area contributed by atoms with E-state index in [2.05, 4.69) is 5.32 Å². The molecule has 0 heterocycles. The predicted octanol–water partition coefficient (Wildman–Crippen LogP) is 3.12. The van der Waals surface area contributed by atoms with Crippen LogP contribution in [-0.2, 0) is 6.54 Å². The summed E-state index contributed by atoms with van der Waals surface area (Å²) in [5.74, 6) is -0.299. The zero-order chi connectivity index (χ0) is 12.9. The van der Waals surface area contributed by atoms with Gasteiger partial charge in [-0.15, -0.1) is 0 Å². The summed E-state index contributed by atoms with van der Waals surface area (Å²) in [6.07, 6.45) is 1.38. The minimum absolute atomic E-state index is 0.299. The molecule has 4 heteroatoms. The summed E-state index contributed by atoms with van der Waals surface area (Å²) in [5, 5.41) is 13.7. The highest BCUT2D eigenvalue weighted by Gasteiger charge is 2.21. The highest BCUT2D eigenvalue weighted by atomic mass is 35.5. The molecule has 1 aromatic carbocycles. The van der Waals surface area contributed by atoms with Crippen molar-refractivity contribution in [2.24, 2.45) is 0 Å². The van der Waals surface area contributed by atoms with Gasteiger partial charge in [-0.1, -0.05) is 25.4 Å². The molecule has 0 saturated carbocycles. The summed E-state index contributed by atoms with van der Waals surface area (Å²) in [6.45, 7) is 4.83. The first-order valence-corrected chi connectivity index (χ1v) is 6.25. The molecule has 0 aliphatic carbocycles. The molecule has 0 amide bonds. The first-order chi connectivity index (χ1) is 8.00. The highest BCUT2D eigenvalue weighted by molar-refractivity contribution is 6.31. The molecule has 0 atom stereocenters. The molecule has 0 fully saturated rings. The number of hydrogen-bond acceptors (Lipinski definition) is 2. The Morgan fingerprint density at radius 3 is 2.59 bits per heavy atom. The lowest BCUT2D eigenvalue weighted by atomic mass is 9.97. The molecule has 0 radical (unpaired) electrons. The van der Waals surface area contributed by atoms with Crippen LogP contribution in [-0.4, -0.2) is 17.3 Å². The van der Waals surface area contributed by atoms with Crippen molar-refractivity contribution in [1.29, 1.82) is 0 Å². The third-order valence-corrected chi connectivity index (χ3v) is 3.46. The van der Waals surface area contributed by atoms with E-state index < -0.39 is 5.60 Å². The fourth-order valence-corrected chi connectivity index (χ4v) is 1.79. The van der Waals surface area contributed by atoms with E-state index >= 15 is 0 Å². The maximum absolute atomic E-state index is 13.0. The van der Waals surface area contributed by atoms with Crippen molar-refractivity contribution >= 4 is 11.6 Å². The second kappa shape index (κ2) is 6.34. The third kappa shape index (κ3) is 4.26. The topological polar surface area (TPSA) is 32.3 Å². The van der Waals surface area contributed by atoms with Gasteiger partial charge in [0.1, 0.15) is 5.82 Å². The minimum atomic E-state index is -0.695. The van der Waals surface area contributed by atoms with Crippen LogP contribution < -0.4 is 5.32 Å². The number of rotatable bonds is 6. The average molecular weight is 260 g/mol. The van der Waals surface area contributed by atoms with Crippen molar-refractivity contribution in [2.75, 3.05) is 6.54 Å². The molecule has 0 aromatic heterocycles. The second-order valence-electron chi connectivity index (χ2n) is 4.27. The molecule has 2 nitrogen and oxygen atoms in total. The summed E-state index contributed by atoms with van der Waals surface area (Å²) in [7, 11) is 0. The number of nitrogens with one attached hydrogen (secondary N) is 1. The fraction of sp³-hybridized carbons (Fsp3) is 0.538. The minimum Gasteiger partial charge on any atom is -0.389 e. The Bertz CT molecular complexity index is 366. The van der Waals surface area contributed by atoms with Crippen molar-refractivity contribution in [3.63, 3.8) is 0 Å². The van der Waals surface area contributed by atoms with Gasteiger partial charge in [0.05, 0.1) is 5.60 Å².